The first-order chi connectivity index (χ1) is 8.70. The molecule has 0 bridgehead atoms. The Balaban J connectivity index is 1.92. The van der Waals surface area contributed by atoms with Crippen molar-refractivity contribution >= 4 is 38.7 Å². The zero-order valence-corrected chi connectivity index (χ0v) is 11.7. The third kappa shape index (κ3) is 2.40. The molecule has 2 aromatic heterocycles. The van der Waals surface area contributed by atoms with E-state index in [-0.39, 0.29) is 0 Å². The van der Waals surface area contributed by atoms with E-state index in [4.69, 9.17) is 11.6 Å². The lowest BCUT2D eigenvalue weighted by molar-refractivity contribution is 1.03. The van der Waals surface area contributed by atoms with Crippen LogP contribution in [0.3, 0.4) is 0 Å². The summed E-state index contributed by atoms with van der Waals surface area (Å²) in [6.07, 6.45) is 2.50. The molecule has 3 nitrogen and oxygen atoms in total. The van der Waals surface area contributed by atoms with Crippen molar-refractivity contribution < 1.29 is 0 Å². The molecule has 5 heteroatoms. The van der Waals surface area contributed by atoms with Crippen molar-refractivity contribution in [3.8, 4) is 0 Å². The van der Waals surface area contributed by atoms with Crippen LogP contribution in [0.15, 0.2) is 41.0 Å². The number of imidazole rings is 1. The number of nitrogens with zero attached hydrogens (tertiary/aromatic N) is 2. The summed E-state index contributed by atoms with van der Waals surface area (Å²) in [7, 11) is 0. The van der Waals surface area contributed by atoms with Crippen LogP contribution in [0.2, 0.25) is 5.02 Å². The summed E-state index contributed by atoms with van der Waals surface area (Å²) in [5.74, 6) is 0.901. The summed E-state index contributed by atoms with van der Waals surface area (Å²) < 4.78 is 0.930. The van der Waals surface area contributed by atoms with Crippen molar-refractivity contribution in [1.29, 1.82) is 0 Å². The summed E-state index contributed by atoms with van der Waals surface area (Å²) in [6.45, 7) is 0. The van der Waals surface area contributed by atoms with Crippen LogP contribution in [0, 0.1) is 0 Å². The highest BCUT2D eigenvalue weighted by atomic mass is 79.9. The average molecular weight is 323 g/mol. The molecule has 90 valence electrons. The predicted octanol–water partition coefficient (Wildman–Crippen LogP) is 3.96. The first-order valence-electron chi connectivity index (χ1n) is 5.45. The topological polar surface area (TPSA) is 41.6 Å². The molecule has 0 aliphatic heterocycles. The normalized spacial score (nSPS) is 11.0. The minimum atomic E-state index is 0.741. The molecule has 0 spiro atoms. The second-order valence-corrected chi connectivity index (χ2v) is 5.36. The highest BCUT2D eigenvalue weighted by Crippen LogP contribution is 2.17. The number of aromatic amines is 1. The van der Waals surface area contributed by atoms with Gasteiger partial charge in [-0.1, -0.05) is 23.7 Å². The van der Waals surface area contributed by atoms with Gasteiger partial charge < -0.3 is 4.98 Å². The number of fused-ring (bicyclic) bond motifs is 1. The Morgan fingerprint density at radius 1 is 1.22 bits per heavy atom. The number of halogens is 2. The van der Waals surface area contributed by atoms with Crippen LogP contribution in [-0.2, 0) is 6.42 Å². The zero-order valence-electron chi connectivity index (χ0n) is 9.32. The molecule has 3 aromatic rings. The third-order valence-corrected chi connectivity index (χ3v) is 3.32. The van der Waals surface area contributed by atoms with E-state index in [0.29, 0.717) is 0 Å². The molecular weight excluding hydrogens is 314 g/mol. The number of nitrogens with one attached hydrogen (secondary N) is 1. The fraction of sp³-hybridized carbons (Fsp3) is 0.0769. The lowest BCUT2D eigenvalue weighted by Gasteiger charge is -1.97. The maximum absolute atomic E-state index is 5.86. The molecule has 1 aromatic carbocycles. The largest absolute Gasteiger partial charge is 0.326 e. The standard InChI is InChI=1S/C13H9BrClN3/c14-9-6-11-13(16-7-9)18-12(17-11)5-8-1-3-10(15)4-2-8/h1-4,6-7H,5H2,(H,16,17,18). The summed E-state index contributed by atoms with van der Waals surface area (Å²) >= 11 is 9.24. The molecule has 2 heterocycles. The van der Waals surface area contributed by atoms with E-state index in [1.807, 2.05) is 30.3 Å². The zero-order chi connectivity index (χ0) is 12.5. The van der Waals surface area contributed by atoms with Gasteiger partial charge in [-0.2, -0.15) is 0 Å². The Hall–Kier alpha value is -1.39. The number of rotatable bonds is 2. The number of aromatic nitrogens is 3. The van der Waals surface area contributed by atoms with Gasteiger partial charge in [-0.05, 0) is 39.7 Å². The van der Waals surface area contributed by atoms with E-state index in [1.165, 1.54) is 0 Å². The third-order valence-electron chi connectivity index (χ3n) is 2.64. The van der Waals surface area contributed by atoms with Gasteiger partial charge in [-0.15, -0.1) is 0 Å². The smallest absolute Gasteiger partial charge is 0.157 e. The van der Waals surface area contributed by atoms with Crippen molar-refractivity contribution in [2.75, 3.05) is 0 Å². The lowest BCUT2D eigenvalue weighted by atomic mass is 10.1. The van der Waals surface area contributed by atoms with Crippen LogP contribution in [0.4, 0.5) is 0 Å². The summed E-state index contributed by atoms with van der Waals surface area (Å²) in [4.78, 5) is 12.0. The minimum Gasteiger partial charge on any atom is -0.326 e. The molecule has 0 aliphatic rings. The molecule has 1 N–H and O–H groups in total. The Bertz CT molecular complexity index is 691. The van der Waals surface area contributed by atoms with E-state index in [0.717, 1.165) is 38.5 Å². The molecular formula is C13H9BrClN3. The second-order valence-electron chi connectivity index (χ2n) is 4.01. The number of H-pyrrole nitrogens is 1. The first-order valence-corrected chi connectivity index (χ1v) is 6.62. The van der Waals surface area contributed by atoms with Crippen LogP contribution in [-0.4, -0.2) is 15.0 Å². The van der Waals surface area contributed by atoms with Gasteiger partial charge in [0.25, 0.3) is 0 Å². The maximum Gasteiger partial charge on any atom is 0.157 e. The summed E-state index contributed by atoms with van der Waals surface area (Å²) in [5, 5.41) is 0.744. The van der Waals surface area contributed by atoms with Crippen LogP contribution < -0.4 is 0 Å². The van der Waals surface area contributed by atoms with Crippen molar-refractivity contribution in [2.24, 2.45) is 0 Å². The molecule has 0 radical (unpaired) electrons. The number of pyridine rings is 1. The van der Waals surface area contributed by atoms with E-state index < -0.39 is 0 Å². The van der Waals surface area contributed by atoms with Crippen molar-refractivity contribution in [3.05, 3.63) is 57.4 Å². The molecule has 0 fully saturated rings. The van der Waals surface area contributed by atoms with Gasteiger partial charge in [0.2, 0.25) is 0 Å². The molecule has 18 heavy (non-hydrogen) atoms. The Morgan fingerprint density at radius 3 is 2.78 bits per heavy atom. The van der Waals surface area contributed by atoms with Crippen molar-refractivity contribution in [2.45, 2.75) is 6.42 Å². The molecule has 0 atom stereocenters. The quantitative estimate of drug-likeness (QED) is 0.776. The minimum absolute atomic E-state index is 0.741. The Kier molecular flexibility index (Phi) is 3.06. The van der Waals surface area contributed by atoms with Gasteiger partial charge >= 0.3 is 0 Å². The van der Waals surface area contributed by atoms with Gasteiger partial charge in [0.15, 0.2) is 5.65 Å². The molecule has 0 saturated heterocycles. The first kappa shape index (κ1) is 11.7. The molecule has 0 amide bonds. The van der Waals surface area contributed by atoms with Crippen LogP contribution in [0.5, 0.6) is 0 Å². The fourth-order valence-electron chi connectivity index (χ4n) is 1.80. The van der Waals surface area contributed by atoms with Crippen molar-refractivity contribution in [3.63, 3.8) is 0 Å². The number of hydrogen-bond donors (Lipinski definition) is 1. The second kappa shape index (κ2) is 4.71. The van der Waals surface area contributed by atoms with Crippen LogP contribution in [0.1, 0.15) is 11.4 Å². The van der Waals surface area contributed by atoms with Crippen molar-refractivity contribution in [1.82, 2.24) is 15.0 Å². The van der Waals surface area contributed by atoms with Crippen LogP contribution >= 0.6 is 27.5 Å². The number of hydrogen-bond acceptors (Lipinski definition) is 2. The molecule has 0 aliphatic carbocycles. The summed E-state index contributed by atoms with van der Waals surface area (Å²) in [5.41, 5.74) is 2.84. The van der Waals surface area contributed by atoms with Gasteiger partial charge in [0.05, 0.1) is 0 Å². The highest BCUT2D eigenvalue weighted by molar-refractivity contribution is 9.10. The molecule has 3 rings (SSSR count). The average Bonchev–Trinajstić information content (AvgIpc) is 2.73. The number of benzene rings is 1. The predicted molar refractivity (Wildman–Crippen MR) is 75.8 cm³/mol. The van der Waals surface area contributed by atoms with Gasteiger partial charge in [0, 0.05) is 22.1 Å². The van der Waals surface area contributed by atoms with Crippen LogP contribution in [0.25, 0.3) is 11.2 Å². The maximum atomic E-state index is 5.86. The highest BCUT2D eigenvalue weighted by Gasteiger charge is 2.05. The van der Waals surface area contributed by atoms with Gasteiger partial charge in [-0.3, -0.25) is 0 Å². The molecule has 0 unspecified atom stereocenters. The monoisotopic (exact) mass is 321 g/mol. The summed E-state index contributed by atoms with van der Waals surface area (Å²) in [6, 6.07) is 9.71. The van der Waals surface area contributed by atoms with E-state index >= 15 is 0 Å². The Morgan fingerprint density at radius 2 is 2.00 bits per heavy atom. The lowest BCUT2D eigenvalue weighted by Crippen LogP contribution is -1.89. The van der Waals surface area contributed by atoms with Gasteiger partial charge in [-0.25, -0.2) is 9.97 Å². The SMILES string of the molecule is Clc1ccc(Cc2nc3cc(Br)cnc3[nH]2)cc1. The molecule has 0 saturated carbocycles. The Labute approximate surface area is 117 Å². The van der Waals surface area contributed by atoms with E-state index in [2.05, 4.69) is 30.9 Å². The fourth-order valence-corrected chi connectivity index (χ4v) is 2.24. The van der Waals surface area contributed by atoms with Gasteiger partial charge in [0.1, 0.15) is 11.3 Å². The van der Waals surface area contributed by atoms with E-state index in [1.54, 1.807) is 6.20 Å². The van der Waals surface area contributed by atoms with E-state index in [9.17, 15) is 0 Å².